The Morgan fingerprint density at radius 1 is 1.22 bits per heavy atom. The molecule has 1 aromatic rings. The number of hydroxylamine groups is 2. The molecule has 1 saturated heterocycles. The van der Waals surface area contributed by atoms with Gasteiger partial charge in [-0.15, -0.1) is 0 Å². The molecule has 1 amide bonds. The summed E-state index contributed by atoms with van der Waals surface area (Å²) in [4.78, 5) is 17.7. The van der Waals surface area contributed by atoms with E-state index < -0.39 is 0 Å². The zero-order valence-corrected chi connectivity index (χ0v) is 11.1. The zero-order valence-electron chi connectivity index (χ0n) is 11.1. The highest BCUT2D eigenvalue weighted by Gasteiger charge is 2.27. The molecule has 1 fully saturated rings. The van der Waals surface area contributed by atoms with E-state index in [9.17, 15) is 4.79 Å². The standard InChI is InChI=1S/C15H21NO2/c1-12(14-8-4-3-5-9-14)13(2)15(17)16-10-6-7-11-18-16/h3-5,8-9,12-13H,6-7,10-11H2,1-2H3. The molecule has 0 saturated carbocycles. The molecule has 2 atom stereocenters. The van der Waals surface area contributed by atoms with Crippen LogP contribution in [0, 0.1) is 5.92 Å². The van der Waals surface area contributed by atoms with Crippen molar-refractivity contribution in [2.45, 2.75) is 32.6 Å². The Balaban J connectivity index is 2.01. The second-order valence-corrected chi connectivity index (χ2v) is 4.97. The van der Waals surface area contributed by atoms with Crippen molar-refractivity contribution < 1.29 is 9.63 Å². The number of hydrogen-bond acceptors (Lipinski definition) is 2. The van der Waals surface area contributed by atoms with E-state index in [-0.39, 0.29) is 17.7 Å². The summed E-state index contributed by atoms with van der Waals surface area (Å²) in [6.07, 6.45) is 2.09. The molecule has 2 rings (SSSR count). The number of amides is 1. The van der Waals surface area contributed by atoms with Gasteiger partial charge >= 0.3 is 0 Å². The first kappa shape index (κ1) is 13.1. The van der Waals surface area contributed by atoms with Crippen molar-refractivity contribution in [3.05, 3.63) is 35.9 Å². The summed E-state index contributed by atoms with van der Waals surface area (Å²) in [5.74, 6) is 0.265. The van der Waals surface area contributed by atoms with Crippen LogP contribution in [0.2, 0.25) is 0 Å². The van der Waals surface area contributed by atoms with E-state index in [1.54, 1.807) is 5.06 Å². The summed E-state index contributed by atoms with van der Waals surface area (Å²) in [6, 6.07) is 10.2. The first-order valence-electron chi connectivity index (χ1n) is 6.69. The maximum Gasteiger partial charge on any atom is 0.249 e. The van der Waals surface area contributed by atoms with Gasteiger partial charge < -0.3 is 0 Å². The van der Waals surface area contributed by atoms with Crippen LogP contribution in [0.1, 0.15) is 38.2 Å². The Morgan fingerprint density at radius 2 is 1.94 bits per heavy atom. The van der Waals surface area contributed by atoms with Gasteiger partial charge in [0.25, 0.3) is 0 Å². The summed E-state index contributed by atoms with van der Waals surface area (Å²) >= 11 is 0. The Labute approximate surface area is 109 Å². The minimum atomic E-state index is -0.0505. The summed E-state index contributed by atoms with van der Waals surface area (Å²) in [5, 5.41) is 1.55. The summed E-state index contributed by atoms with van der Waals surface area (Å²) in [5.41, 5.74) is 1.20. The van der Waals surface area contributed by atoms with Gasteiger partial charge in [0.05, 0.1) is 6.61 Å². The van der Waals surface area contributed by atoms with Crippen molar-refractivity contribution in [1.82, 2.24) is 5.06 Å². The Morgan fingerprint density at radius 3 is 2.56 bits per heavy atom. The quantitative estimate of drug-likeness (QED) is 0.821. The molecular weight excluding hydrogens is 226 g/mol. The van der Waals surface area contributed by atoms with E-state index in [0.29, 0.717) is 6.61 Å². The topological polar surface area (TPSA) is 29.5 Å². The predicted octanol–water partition coefficient (Wildman–Crippen LogP) is 2.98. The minimum absolute atomic E-state index is 0.0505. The largest absolute Gasteiger partial charge is 0.272 e. The van der Waals surface area contributed by atoms with Gasteiger partial charge in [0.1, 0.15) is 0 Å². The van der Waals surface area contributed by atoms with E-state index >= 15 is 0 Å². The lowest BCUT2D eigenvalue weighted by atomic mass is 9.88. The Bertz CT molecular complexity index is 385. The van der Waals surface area contributed by atoms with Crippen LogP contribution in [0.25, 0.3) is 0 Å². The van der Waals surface area contributed by atoms with E-state index in [0.717, 1.165) is 19.4 Å². The minimum Gasteiger partial charge on any atom is -0.272 e. The van der Waals surface area contributed by atoms with E-state index in [4.69, 9.17) is 4.84 Å². The Hall–Kier alpha value is -1.35. The van der Waals surface area contributed by atoms with Crippen LogP contribution < -0.4 is 0 Å². The van der Waals surface area contributed by atoms with Crippen molar-refractivity contribution in [2.75, 3.05) is 13.2 Å². The zero-order chi connectivity index (χ0) is 13.0. The fourth-order valence-corrected chi connectivity index (χ4v) is 2.26. The van der Waals surface area contributed by atoms with Crippen molar-refractivity contribution in [2.24, 2.45) is 5.92 Å². The van der Waals surface area contributed by atoms with Gasteiger partial charge in [0.2, 0.25) is 5.91 Å². The monoisotopic (exact) mass is 247 g/mol. The van der Waals surface area contributed by atoms with Crippen LogP contribution >= 0.6 is 0 Å². The third-order valence-corrected chi connectivity index (χ3v) is 3.71. The second kappa shape index (κ2) is 6.01. The maximum absolute atomic E-state index is 12.3. The molecule has 0 aromatic heterocycles. The second-order valence-electron chi connectivity index (χ2n) is 4.97. The highest BCUT2D eigenvalue weighted by atomic mass is 16.7. The molecule has 3 nitrogen and oxygen atoms in total. The molecule has 98 valence electrons. The lowest BCUT2D eigenvalue weighted by molar-refractivity contribution is -0.201. The third kappa shape index (κ3) is 2.91. The van der Waals surface area contributed by atoms with E-state index in [2.05, 4.69) is 19.1 Å². The highest BCUT2D eigenvalue weighted by molar-refractivity contribution is 5.78. The highest BCUT2D eigenvalue weighted by Crippen LogP contribution is 2.26. The average Bonchev–Trinajstić information content (AvgIpc) is 2.47. The molecule has 0 N–H and O–H groups in total. The molecule has 0 bridgehead atoms. The SMILES string of the molecule is CC(C(=O)N1CCCCO1)C(C)c1ccccc1. The van der Waals surface area contributed by atoms with Gasteiger partial charge in [-0.05, 0) is 24.3 Å². The molecule has 1 aliphatic heterocycles. The maximum atomic E-state index is 12.3. The van der Waals surface area contributed by atoms with Gasteiger partial charge in [-0.1, -0.05) is 44.2 Å². The number of carbonyl (C=O) groups excluding carboxylic acids is 1. The van der Waals surface area contributed by atoms with E-state index in [1.165, 1.54) is 5.56 Å². The van der Waals surface area contributed by atoms with Crippen LogP contribution in [-0.4, -0.2) is 24.1 Å². The van der Waals surface area contributed by atoms with Crippen molar-refractivity contribution >= 4 is 5.91 Å². The number of hydrogen-bond donors (Lipinski definition) is 0. The van der Waals surface area contributed by atoms with Gasteiger partial charge in [0, 0.05) is 12.5 Å². The molecule has 1 heterocycles. The third-order valence-electron chi connectivity index (χ3n) is 3.71. The summed E-state index contributed by atoms with van der Waals surface area (Å²) in [6.45, 7) is 5.47. The van der Waals surface area contributed by atoms with Crippen LogP contribution in [0.15, 0.2) is 30.3 Å². The molecule has 3 heteroatoms. The lowest BCUT2D eigenvalue weighted by Crippen LogP contribution is -2.40. The van der Waals surface area contributed by atoms with Crippen LogP contribution in [0.3, 0.4) is 0 Å². The number of rotatable bonds is 3. The van der Waals surface area contributed by atoms with Crippen molar-refractivity contribution in [3.8, 4) is 0 Å². The molecule has 18 heavy (non-hydrogen) atoms. The normalized spacial score (nSPS) is 19.3. The molecule has 1 aliphatic rings. The van der Waals surface area contributed by atoms with Crippen LogP contribution in [0.5, 0.6) is 0 Å². The van der Waals surface area contributed by atoms with Gasteiger partial charge in [-0.25, -0.2) is 5.06 Å². The molecule has 2 unspecified atom stereocenters. The molecule has 0 aliphatic carbocycles. The molecule has 0 spiro atoms. The van der Waals surface area contributed by atoms with Crippen molar-refractivity contribution in [3.63, 3.8) is 0 Å². The van der Waals surface area contributed by atoms with Crippen molar-refractivity contribution in [1.29, 1.82) is 0 Å². The fraction of sp³-hybridized carbons (Fsp3) is 0.533. The van der Waals surface area contributed by atoms with Crippen LogP contribution in [0.4, 0.5) is 0 Å². The van der Waals surface area contributed by atoms with Gasteiger partial charge in [-0.3, -0.25) is 9.63 Å². The number of carbonyl (C=O) groups is 1. The summed E-state index contributed by atoms with van der Waals surface area (Å²) in [7, 11) is 0. The number of benzene rings is 1. The lowest BCUT2D eigenvalue weighted by Gasteiger charge is -2.30. The smallest absolute Gasteiger partial charge is 0.249 e. The van der Waals surface area contributed by atoms with E-state index in [1.807, 2.05) is 25.1 Å². The first-order chi connectivity index (χ1) is 8.70. The molecule has 1 aromatic carbocycles. The van der Waals surface area contributed by atoms with Gasteiger partial charge in [0.15, 0.2) is 0 Å². The summed E-state index contributed by atoms with van der Waals surface area (Å²) < 4.78 is 0. The molecular formula is C15H21NO2. The molecule has 0 radical (unpaired) electrons. The fourth-order valence-electron chi connectivity index (χ4n) is 2.26. The predicted molar refractivity (Wildman–Crippen MR) is 70.9 cm³/mol. The number of nitrogens with zero attached hydrogens (tertiary/aromatic N) is 1. The Kier molecular flexibility index (Phi) is 4.37. The average molecular weight is 247 g/mol. The first-order valence-corrected chi connectivity index (χ1v) is 6.69. The van der Waals surface area contributed by atoms with Crippen LogP contribution in [-0.2, 0) is 9.63 Å². The van der Waals surface area contributed by atoms with Gasteiger partial charge in [-0.2, -0.15) is 0 Å².